The topological polar surface area (TPSA) is 64.1 Å². The number of rotatable bonds is 17. The van der Waals surface area contributed by atoms with Gasteiger partial charge in [-0.3, -0.25) is 4.98 Å². The van der Waals surface area contributed by atoms with Crippen LogP contribution in [-0.4, -0.2) is 66.8 Å². The number of pyridine rings is 1. The van der Waals surface area contributed by atoms with E-state index in [2.05, 4.69) is 66.3 Å². The molecule has 40 heavy (non-hydrogen) atoms. The Morgan fingerprint density at radius 1 is 1.05 bits per heavy atom. The van der Waals surface area contributed by atoms with Gasteiger partial charge in [0.05, 0.1) is 38.1 Å². The van der Waals surface area contributed by atoms with Crippen molar-refractivity contribution in [2.45, 2.75) is 62.2 Å². The molecule has 3 aromatic rings. The Balaban J connectivity index is 1.19. The first-order valence-electron chi connectivity index (χ1n) is 14.5. The Hall–Kier alpha value is -2.42. The molecule has 0 aliphatic heterocycles. The zero-order chi connectivity index (χ0) is 27.8. The molecule has 214 valence electrons. The van der Waals surface area contributed by atoms with Gasteiger partial charge in [-0.2, -0.15) is 0 Å². The van der Waals surface area contributed by atoms with Crippen molar-refractivity contribution in [2.24, 2.45) is 0 Å². The Kier molecular flexibility index (Phi) is 10.2. The fraction of sp³-hybridized carbons (Fsp3) is 0.485. The number of hydrogen-bond donors (Lipinski definition) is 1. The van der Waals surface area contributed by atoms with Crippen molar-refractivity contribution in [3.8, 4) is 16.9 Å². The molecular formula is C33H42N2O4S. The van der Waals surface area contributed by atoms with Gasteiger partial charge in [-0.15, -0.1) is 11.8 Å². The fourth-order valence-electron chi connectivity index (χ4n) is 4.89. The first-order valence-corrected chi connectivity index (χ1v) is 15.5. The van der Waals surface area contributed by atoms with Crippen LogP contribution in [0, 0.1) is 6.92 Å². The van der Waals surface area contributed by atoms with E-state index in [1.165, 1.54) is 16.0 Å². The SMILES string of the molecule is Cc1ccc(SCCCN(C)CCOCCO)cc1COC1(c2cnccc2-c2ccccc2OC2CC2)CC1. The third kappa shape index (κ3) is 7.86. The average molecular weight is 563 g/mol. The van der Waals surface area contributed by atoms with Crippen LogP contribution in [0.1, 0.15) is 48.8 Å². The number of benzene rings is 2. The van der Waals surface area contributed by atoms with Crippen LogP contribution in [0.2, 0.25) is 0 Å². The van der Waals surface area contributed by atoms with Crippen molar-refractivity contribution in [2.75, 3.05) is 45.7 Å². The number of likely N-dealkylation sites (N-methyl/N-ethyl adjacent to an activating group) is 1. The number of aromatic nitrogens is 1. The van der Waals surface area contributed by atoms with Gasteiger partial charge < -0.3 is 24.2 Å². The molecule has 2 fully saturated rings. The molecule has 2 aromatic carbocycles. The summed E-state index contributed by atoms with van der Waals surface area (Å²) in [5.41, 5.74) is 5.66. The number of hydrogen-bond acceptors (Lipinski definition) is 7. The number of ether oxygens (including phenoxy) is 3. The predicted molar refractivity (Wildman–Crippen MR) is 161 cm³/mol. The summed E-state index contributed by atoms with van der Waals surface area (Å²) < 4.78 is 18.4. The van der Waals surface area contributed by atoms with Crippen LogP contribution >= 0.6 is 11.8 Å². The standard InChI is InChI=1S/C33H42N2O4S/c1-25-8-11-28(40-21-5-16-35(2)17-19-37-20-18-36)22-26(25)24-38-33(13-14-33)31-23-34-15-12-29(31)30-6-3-4-7-32(30)39-27-9-10-27/h3-4,6-8,11-12,15,22-23,27,36H,5,9-10,13-14,16-21,24H2,1-2H3. The van der Waals surface area contributed by atoms with Crippen LogP contribution in [0.25, 0.3) is 11.1 Å². The molecule has 0 spiro atoms. The highest BCUT2D eigenvalue weighted by molar-refractivity contribution is 7.99. The molecule has 1 N–H and O–H groups in total. The second-order valence-corrected chi connectivity index (χ2v) is 12.1. The van der Waals surface area contributed by atoms with Crippen molar-refractivity contribution in [3.05, 3.63) is 77.6 Å². The summed E-state index contributed by atoms with van der Waals surface area (Å²) in [6.45, 7) is 5.83. The monoisotopic (exact) mass is 562 g/mol. The van der Waals surface area contributed by atoms with Gasteiger partial charge in [0.25, 0.3) is 0 Å². The van der Waals surface area contributed by atoms with Crippen LogP contribution < -0.4 is 4.74 Å². The number of aliphatic hydroxyl groups excluding tert-OH is 1. The maximum absolute atomic E-state index is 8.81. The van der Waals surface area contributed by atoms with Crippen LogP contribution in [0.3, 0.4) is 0 Å². The maximum atomic E-state index is 8.81. The third-order valence-corrected chi connectivity index (χ3v) is 8.72. The molecule has 6 nitrogen and oxygen atoms in total. The first kappa shape index (κ1) is 29.1. The highest BCUT2D eigenvalue weighted by Gasteiger charge is 2.47. The lowest BCUT2D eigenvalue weighted by molar-refractivity contribution is 0.0170. The molecule has 0 radical (unpaired) electrons. The summed E-state index contributed by atoms with van der Waals surface area (Å²) in [7, 11) is 2.12. The molecule has 0 atom stereocenters. The van der Waals surface area contributed by atoms with Gasteiger partial charge >= 0.3 is 0 Å². The number of aliphatic hydroxyl groups is 1. The molecule has 7 heteroatoms. The highest BCUT2D eigenvalue weighted by Crippen LogP contribution is 2.53. The van der Waals surface area contributed by atoms with Crippen molar-refractivity contribution in [3.63, 3.8) is 0 Å². The molecule has 1 aromatic heterocycles. The van der Waals surface area contributed by atoms with E-state index in [4.69, 9.17) is 19.3 Å². The second-order valence-electron chi connectivity index (χ2n) is 10.9. The van der Waals surface area contributed by atoms with E-state index < -0.39 is 0 Å². The average Bonchev–Trinajstić information content (AvgIpc) is 3.91. The van der Waals surface area contributed by atoms with E-state index in [1.54, 1.807) is 0 Å². The normalized spacial score (nSPS) is 15.9. The van der Waals surface area contributed by atoms with Crippen molar-refractivity contribution in [1.29, 1.82) is 0 Å². The summed E-state index contributed by atoms with van der Waals surface area (Å²) in [4.78, 5) is 8.07. The van der Waals surface area contributed by atoms with Crippen LogP contribution in [0.15, 0.2) is 65.8 Å². The highest BCUT2D eigenvalue weighted by atomic mass is 32.2. The number of aryl methyl sites for hydroxylation is 1. The Morgan fingerprint density at radius 3 is 2.70 bits per heavy atom. The number of thioether (sulfide) groups is 1. The van der Waals surface area contributed by atoms with Gasteiger partial charge in [0.2, 0.25) is 0 Å². The van der Waals surface area contributed by atoms with Gasteiger partial charge in [0.15, 0.2) is 0 Å². The zero-order valence-electron chi connectivity index (χ0n) is 23.8. The minimum Gasteiger partial charge on any atom is -0.490 e. The molecule has 2 saturated carbocycles. The van der Waals surface area contributed by atoms with Crippen molar-refractivity contribution >= 4 is 11.8 Å². The molecule has 0 unspecified atom stereocenters. The Labute approximate surface area is 243 Å². The molecular weight excluding hydrogens is 520 g/mol. The minimum absolute atomic E-state index is 0.0831. The van der Waals surface area contributed by atoms with Gasteiger partial charge in [-0.05, 0) is 99.3 Å². The van der Waals surface area contributed by atoms with Crippen LogP contribution in [0.4, 0.5) is 0 Å². The maximum Gasteiger partial charge on any atom is 0.127 e. The van der Waals surface area contributed by atoms with E-state index in [1.807, 2.05) is 30.2 Å². The lowest BCUT2D eigenvalue weighted by atomic mass is 9.96. The molecule has 0 saturated heterocycles. The lowest BCUT2D eigenvalue weighted by Gasteiger charge is -2.22. The van der Waals surface area contributed by atoms with Gasteiger partial charge in [0, 0.05) is 35.0 Å². The summed E-state index contributed by atoms with van der Waals surface area (Å²) in [5, 5.41) is 8.81. The largest absolute Gasteiger partial charge is 0.490 e. The lowest BCUT2D eigenvalue weighted by Crippen LogP contribution is -2.25. The quantitative estimate of drug-likeness (QED) is 0.155. The molecule has 2 aliphatic carbocycles. The smallest absolute Gasteiger partial charge is 0.127 e. The molecule has 0 amide bonds. The molecule has 0 bridgehead atoms. The summed E-state index contributed by atoms with van der Waals surface area (Å²) in [5.74, 6) is 2.02. The van der Waals surface area contributed by atoms with E-state index in [9.17, 15) is 0 Å². The summed E-state index contributed by atoms with van der Waals surface area (Å²) >= 11 is 1.90. The third-order valence-electron chi connectivity index (χ3n) is 7.64. The molecule has 5 rings (SSSR count). The van der Waals surface area contributed by atoms with E-state index in [-0.39, 0.29) is 12.2 Å². The van der Waals surface area contributed by atoms with E-state index in [0.717, 1.165) is 73.4 Å². The molecule has 2 aliphatic rings. The zero-order valence-corrected chi connectivity index (χ0v) is 24.6. The van der Waals surface area contributed by atoms with Gasteiger partial charge in [0.1, 0.15) is 5.75 Å². The van der Waals surface area contributed by atoms with Crippen LogP contribution in [0.5, 0.6) is 5.75 Å². The fourth-order valence-corrected chi connectivity index (χ4v) is 5.79. The summed E-state index contributed by atoms with van der Waals surface area (Å²) in [6.07, 6.45) is 9.61. The summed E-state index contributed by atoms with van der Waals surface area (Å²) in [6, 6.07) is 17.2. The second kappa shape index (κ2) is 14.0. The number of nitrogens with zero attached hydrogens (tertiary/aromatic N) is 2. The van der Waals surface area contributed by atoms with E-state index >= 15 is 0 Å². The number of para-hydroxylation sites is 1. The van der Waals surface area contributed by atoms with Gasteiger partial charge in [-0.25, -0.2) is 0 Å². The van der Waals surface area contributed by atoms with E-state index in [0.29, 0.717) is 25.9 Å². The first-order chi connectivity index (χ1) is 19.6. The van der Waals surface area contributed by atoms with Crippen LogP contribution in [-0.2, 0) is 21.7 Å². The Morgan fingerprint density at radius 2 is 1.90 bits per heavy atom. The Bertz CT molecular complexity index is 1240. The minimum atomic E-state index is -0.294. The van der Waals surface area contributed by atoms with Crippen molar-refractivity contribution in [1.82, 2.24) is 9.88 Å². The van der Waals surface area contributed by atoms with Crippen molar-refractivity contribution < 1.29 is 19.3 Å². The molecule has 1 heterocycles. The predicted octanol–water partition coefficient (Wildman–Crippen LogP) is 6.23. The van der Waals surface area contributed by atoms with Gasteiger partial charge in [-0.1, -0.05) is 24.3 Å².